The van der Waals surface area contributed by atoms with Crippen LogP contribution in [0, 0.1) is 11.8 Å². The van der Waals surface area contributed by atoms with Crippen LogP contribution >= 0.6 is 0 Å². The maximum atomic E-state index is 3.37. The maximum Gasteiger partial charge on any atom is 0.0717 e. The van der Waals surface area contributed by atoms with Crippen molar-refractivity contribution >= 4 is 0 Å². The van der Waals surface area contributed by atoms with Gasteiger partial charge in [-0.15, -0.1) is 0 Å². The van der Waals surface area contributed by atoms with E-state index in [0.717, 1.165) is 6.54 Å². The molecule has 1 saturated heterocycles. The number of rotatable bonds is 2. The van der Waals surface area contributed by atoms with Crippen LogP contribution in [0.5, 0.6) is 0 Å². The van der Waals surface area contributed by atoms with Crippen molar-refractivity contribution < 1.29 is 0 Å². The van der Waals surface area contributed by atoms with Gasteiger partial charge in [-0.3, -0.25) is 4.90 Å². The minimum Gasteiger partial charge on any atom is -0.309 e. The Bertz CT molecular complexity index is 212. The van der Waals surface area contributed by atoms with E-state index in [0.29, 0.717) is 12.1 Å². The molecule has 1 atom stereocenters. The van der Waals surface area contributed by atoms with E-state index in [1.165, 1.54) is 25.8 Å². The van der Waals surface area contributed by atoms with Crippen LogP contribution < -0.4 is 5.32 Å². The van der Waals surface area contributed by atoms with Crippen molar-refractivity contribution in [2.75, 3.05) is 20.1 Å². The maximum absolute atomic E-state index is 3.37. The van der Waals surface area contributed by atoms with E-state index in [4.69, 9.17) is 0 Å². The zero-order valence-electron chi connectivity index (χ0n) is 9.64. The van der Waals surface area contributed by atoms with Gasteiger partial charge >= 0.3 is 0 Å². The Morgan fingerprint density at radius 1 is 1.43 bits per heavy atom. The molecule has 0 aromatic carbocycles. The Morgan fingerprint density at radius 3 is 2.86 bits per heavy atom. The molecule has 14 heavy (non-hydrogen) atoms. The minimum atomic E-state index is 0.497. The molecule has 0 spiro atoms. The van der Waals surface area contributed by atoms with Crippen LogP contribution in [0.15, 0.2) is 0 Å². The SMILES string of the molecule is CNCC#CC1CCCCN1C(C)C. The summed E-state index contributed by atoms with van der Waals surface area (Å²) in [4.78, 5) is 2.52. The first-order chi connectivity index (χ1) is 6.75. The van der Waals surface area contributed by atoms with Crippen molar-refractivity contribution in [2.24, 2.45) is 0 Å². The van der Waals surface area contributed by atoms with Crippen LogP contribution in [-0.2, 0) is 0 Å². The molecule has 1 heterocycles. The van der Waals surface area contributed by atoms with Crippen LogP contribution in [0.25, 0.3) is 0 Å². The average Bonchev–Trinajstić information content (AvgIpc) is 2.19. The van der Waals surface area contributed by atoms with E-state index < -0.39 is 0 Å². The lowest BCUT2D eigenvalue weighted by Gasteiger charge is -2.35. The molecule has 0 saturated carbocycles. The largest absolute Gasteiger partial charge is 0.309 e. The van der Waals surface area contributed by atoms with Gasteiger partial charge in [-0.05, 0) is 46.7 Å². The van der Waals surface area contributed by atoms with Gasteiger partial charge in [0.2, 0.25) is 0 Å². The molecule has 1 rings (SSSR count). The molecule has 1 fully saturated rings. The molecule has 80 valence electrons. The Morgan fingerprint density at radius 2 is 2.21 bits per heavy atom. The van der Waals surface area contributed by atoms with Gasteiger partial charge in [0.25, 0.3) is 0 Å². The van der Waals surface area contributed by atoms with Crippen molar-refractivity contribution in [1.82, 2.24) is 10.2 Å². The Balaban J connectivity index is 2.51. The first-order valence-electron chi connectivity index (χ1n) is 5.64. The molecule has 0 amide bonds. The molecule has 1 aliphatic rings. The minimum absolute atomic E-state index is 0.497. The van der Waals surface area contributed by atoms with E-state index in [9.17, 15) is 0 Å². The molecular weight excluding hydrogens is 172 g/mol. The first-order valence-corrected chi connectivity index (χ1v) is 5.64. The van der Waals surface area contributed by atoms with E-state index in [-0.39, 0.29) is 0 Å². The summed E-state index contributed by atoms with van der Waals surface area (Å²) in [6.07, 6.45) is 3.92. The number of likely N-dealkylation sites (tertiary alicyclic amines) is 1. The lowest BCUT2D eigenvalue weighted by atomic mass is 10.0. The van der Waals surface area contributed by atoms with E-state index in [1.54, 1.807) is 0 Å². The topological polar surface area (TPSA) is 15.3 Å². The van der Waals surface area contributed by atoms with Gasteiger partial charge in [-0.1, -0.05) is 11.8 Å². The highest BCUT2D eigenvalue weighted by atomic mass is 15.2. The highest BCUT2D eigenvalue weighted by Gasteiger charge is 2.22. The van der Waals surface area contributed by atoms with Crippen molar-refractivity contribution in [3.8, 4) is 11.8 Å². The molecule has 0 radical (unpaired) electrons. The molecule has 0 aromatic rings. The summed E-state index contributed by atoms with van der Waals surface area (Å²) in [6, 6.07) is 1.13. The third-order valence-corrected chi connectivity index (χ3v) is 2.74. The van der Waals surface area contributed by atoms with Crippen LogP contribution in [0.4, 0.5) is 0 Å². The predicted molar refractivity (Wildman–Crippen MR) is 61.2 cm³/mol. The number of piperidine rings is 1. The quantitative estimate of drug-likeness (QED) is 0.670. The van der Waals surface area contributed by atoms with Crippen LogP contribution in [0.2, 0.25) is 0 Å². The number of hydrogen-bond acceptors (Lipinski definition) is 2. The molecule has 2 nitrogen and oxygen atoms in total. The standard InChI is InChI=1S/C12H22N2/c1-11(2)14-10-5-4-7-12(14)8-6-9-13-3/h11-13H,4-5,7,9-10H2,1-3H3. The molecule has 1 unspecified atom stereocenters. The van der Waals surface area contributed by atoms with E-state index >= 15 is 0 Å². The summed E-state index contributed by atoms with van der Waals surface area (Å²) >= 11 is 0. The lowest BCUT2D eigenvalue weighted by molar-refractivity contribution is 0.146. The highest BCUT2D eigenvalue weighted by Crippen LogP contribution is 2.18. The van der Waals surface area contributed by atoms with E-state index in [2.05, 4.69) is 35.9 Å². The van der Waals surface area contributed by atoms with Gasteiger partial charge in [0.05, 0.1) is 12.6 Å². The zero-order chi connectivity index (χ0) is 10.4. The molecule has 2 heteroatoms. The fourth-order valence-electron chi connectivity index (χ4n) is 1.98. The predicted octanol–water partition coefficient (Wildman–Crippen LogP) is 1.47. The summed E-state index contributed by atoms with van der Waals surface area (Å²) in [5, 5.41) is 3.06. The average molecular weight is 194 g/mol. The van der Waals surface area contributed by atoms with Crippen molar-refractivity contribution in [1.29, 1.82) is 0 Å². The van der Waals surface area contributed by atoms with Crippen molar-refractivity contribution in [3.63, 3.8) is 0 Å². The van der Waals surface area contributed by atoms with Gasteiger partial charge in [-0.2, -0.15) is 0 Å². The second-order valence-corrected chi connectivity index (χ2v) is 4.19. The summed E-state index contributed by atoms with van der Waals surface area (Å²) in [7, 11) is 1.94. The summed E-state index contributed by atoms with van der Waals surface area (Å²) in [5.74, 6) is 6.55. The Kier molecular flexibility index (Phi) is 5.00. The third kappa shape index (κ3) is 3.32. The molecule has 1 N–H and O–H groups in total. The van der Waals surface area contributed by atoms with Crippen molar-refractivity contribution in [2.45, 2.75) is 45.2 Å². The zero-order valence-corrected chi connectivity index (χ0v) is 9.64. The second kappa shape index (κ2) is 6.06. The molecule has 1 aliphatic heterocycles. The van der Waals surface area contributed by atoms with Crippen LogP contribution in [0.3, 0.4) is 0 Å². The third-order valence-electron chi connectivity index (χ3n) is 2.74. The number of hydrogen-bond donors (Lipinski definition) is 1. The molecular formula is C12H22N2. The number of nitrogens with zero attached hydrogens (tertiary/aromatic N) is 1. The smallest absolute Gasteiger partial charge is 0.0717 e. The Hall–Kier alpha value is -0.520. The fourth-order valence-corrected chi connectivity index (χ4v) is 1.98. The van der Waals surface area contributed by atoms with Gasteiger partial charge in [0, 0.05) is 6.04 Å². The molecule has 0 bridgehead atoms. The van der Waals surface area contributed by atoms with Gasteiger partial charge < -0.3 is 5.32 Å². The lowest BCUT2D eigenvalue weighted by Crippen LogP contribution is -2.43. The van der Waals surface area contributed by atoms with Gasteiger partial charge in [0.15, 0.2) is 0 Å². The molecule has 0 aliphatic carbocycles. The number of nitrogens with one attached hydrogen (secondary N) is 1. The van der Waals surface area contributed by atoms with Crippen LogP contribution in [-0.4, -0.2) is 37.1 Å². The van der Waals surface area contributed by atoms with Crippen LogP contribution in [0.1, 0.15) is 33.1 Å². The highest BCUT2D eigenvalue weighted by molar-refractivity contribution is 5.10. The summed E-state index contributed by atoms with van der Waals surface area (Å²) in [5.41, 5.74) is 0. The van der Waals surface area contributed by atoms with Gasteiger partial charge in [-0.25, -0.2) is 0 Å². The van der Waals surface area contributed by atoms with Gasteiger partial charge in [0.1, 0.15) is 0 Å². The summed E-state index contributed by atoms with van der Waals surface area (Å²) in [6.45, 7) is 6.55. The van der Waals surface area contributed by atoms with Crippen molar-refractivity contribution in [3.05, 3.63) is 0 Å². The normalized spacial score (nSPS) is 23.3. The summed E-state index contributed by atoms with van der Waals surface area (Å²) < 4.78 is 0. The first kappa shape index (κ1) is 11.6. The second-order valence-electron chi connectivity index (χ2n) is 4.19. The Labute approximate surface area is 88.1 Å². The van der Waals surface area contributed by atoms with E-state index in [1.807, 2.05) is 7.05 Å². The molecule has 0 aromatic heterocycles. The fraction of sp³-hybridized carbons (Fsp3) is 0.833. The monoisotopic (exact) mass is 194 g/mol.